The van der Waals surface area contributed by atoms with Gasteiger partial charge in [-0.3, -0.25) is 0 Å². The fourth-order valence-corrected chi connectivity index (χ4v) is 1.72. The van der Waals surface area contributed by atoms with Crippen LogP contribution in [0, 0.1) is 16.7 Å². The topological polar surface area (TPSA) is 39.1 Å². The van der Waals surface area contributed by atoms with Crippen LogP contribution >= 0.6 is 0 Å². The van der Waals surface area contributed by atoms with Gasteiger partial charge in [0.25, 0.3) is 0 Å². The summed E-state index contributed by atoms with van der Waals surface area (Å²) in [6.45, 7) is 5.26. The summed E-state index contributed by atoms with van der Waals surface area (Å²) in [5, 5.41) is 12.1. The van der Waals surface area contributed by atoms with Gasteiger partial charge in [0.05, 0.1) is 6.07 Å². The molecular weight excluding hydrogens is 222 g/mol. The predicted octanol–water partition coefficient (Wildman–Crippen LogP) is 3.49. The van der Waals surface area contributed by atoms with Crippen molar-refractivity contribution in [2.75, 3.05) is 30.9 Å². The number of rotatable bonds is 6. The SMILES string of the molecule is CN(C)c1cccc(NCC(C)(C)CCC#N)c1. The molecule has 1 rings (SSSR count). The minimum absolute atomic E-state index is 0.143. The van der Waals surface area contributed by atoms with Gasteiger partial charge in [0, 0.05) is 38.4 Å². The molecule has 0 unspecified atom stereocenters. The molecule has 1 aromatic rings. The van der Waals surface area contributed by atoms with Gasteiger partial charge in [-0.25, -0.2) is 0 Å². The van der Waals surface area contributed by atoms with E-state index in [4.69, 9.17) is 5.26 Å². The van der Waals surface area contributed by atoms with Crippen molar-refractivity contribution in [3.63, 3.8) is 0 Å². The molecule has 98 valence electrons. The number of nitrogens with zero attached hydrogens (tertiary/aromatic N) is 2. The molecule has 0 spiro atoms. The van der Waals surface area contributed by atoms with Crippen LogP contribution in [0.3, 0.4) is 0 Å². The monoisotopic (exact) mass is 245 g/mol. The molecule has 0 bridgehead atoms. The van der Waals surface area contributed by atoms with Gasteiger partial charge in [-0.1, -0.05) is 19.9 Å². The van der Waals surface area contributed by atoms with E-state index >= 15 is 0 Å². The van der Waals surface area contributed by atoms with Gasteiger partial charge in [0.2, 0.25) is 0 Å². The van der Waals surface area contributed by atoms with E-state index in [1.54, 1.807) is 0 Å². The molecule has 0 saturated carbocycles. The third kappa shape index (κ3) is 4.67. The Hall–Kier alpha value is -1.69. The van der Waals surface area contributed by atoms with Crippen LogP contribution in [-0.4, -0.2) is 20.6 Å². The number of nitriles is 1. The maximum absolute atomic E-state index is 8.64. The van der Waals surface area contributed by atoms with Gasteiger partial charge in [-0.05, 0) is 30.0 Å². The minimum Gasteiger partial charge on any atom is -0.384 e. The minimum atomic E-state index is 0.143. The zero-order chi connectivity index (χ0) is 13.6. The Morgan fingerprint density at radius 1 is 1.33 bits per heavy atom. The van der Waals surface area contributed by atoms with Crippen molar-refractivity contribution in [2.45, 2.75) is 26.7 Å². The van der Waals surface area contributed by atoms with E-state index < -0.39 is 0 Å². The highest BCUT2D eigenvalue weighted by molar-refractivity contribution is 5.57. The van der Waals surface area contributed by atoms with E-state index in [-0.39, 0.29) is 5.41 Å². The van der Waals surface area contributed by atoms with Crippen LogP contribution in [0.15, 0.2) is 24.3 Å². The Morgan fingerprint density at radius 2 is 2.06 bits per heavy atom. The second-order valence-corrected chi connectivity index (χ2v) is 5.62. The van der Waals surface area contributed by atoms with Crippen molar-refractivity contribution < 1.29 is 0 Å². The number of hydrogen-bond donors (Lipinski definition) is 1. The first-order chi connectivity index (χ1) is 8.44. The lowest BCUT2D eigenvalue weighted by molar-refractivity contribution is 0.364. The lowest BCUT2D eigenvalue weighted by atomic mass is 9.88. The summed E-state index contributed by atoms with van der Waals surface area (Å²) in [5.74, 6) is 0. The van der Waals surface area contributed by atoms with Crippen molar-refractivity contribution in [3.8, 4) is 6.07 Å². The lowest BCUT2D eigenvalue weighted by Crippen LogP contribution is -2.23. The smallest absolute Gasteiger partial charge is 0.0621 e. The molecule has 1 aromatic carbocycles. The van der Waals surface area contributed by atoms with Gasteiger partial charge >= 0.3 is 0 Å². The zero-order valence-corrected chi connectivity index (χ0v) is 11.8. The summed E-state index contributed by atoms with van der Waals surface area (Å²) in [4.78, 5) is 2.09. The molecule has 18 heavy (non-hydrogen) atoms. The number of anilines is 2. The normalized spacial score (nSPS) is 10.8. The molecule has 0 saturated heterocycles. The molecule has 0 amide bonds. The van der Waals surface area contributed by atoms with E-state index in [1.807, 2.05) is 14.1 Å². The zero-order valence-electron chi connectivity index (χ0n) is 11.8. The summed E-state index contributed by atoms with van der Waals surface area (Å²) < 4.78 is 0. The molecule has 3 heteroatoms. The van der Waals surface area contributed by atoms with Crippen LogP contribution in [0.2, 0.25) is 0 Å². The van der Waals surface area contributed by atoms with Gasteiger partial charge in [0.15, 0.2) is 0 Å². The first-order valence-electron chi connectivity index (χ1n) is 6.33. The van der Waals surface area contributed by atoms with Crippen molar-refractivity contribution in [2.24, 2.45) is 5.41 Å². The second kappa shape index (κ2) is 6.30. The molecule has 0 heterocycles. The first kappa shape index (κ1) is 14.4. The van der Waals surface area contributed by atoms with E-state index in [0.29, 0.717) is 6.42 Å². The van der Waals surface area contributed by atoms with E-state index in [0.717, 1.165) is 18.7 Å². The summed E-state index contributed by atoms with van der Waals surface area (Å²) in [6, 6.07) is 10.6. The van der Waals surface area contributed by atoms with E-state index in [9.17, 15) is 0 Å². The molecule has 3 nitrogen and oxygen atoms in total. The number of nitrogens with one attached hydrogen (secondary N) is 1. The highest BCUT2D eigenvalue weighted by atomic mass is 15.1. The molecule has 0 aliphatic rings. The Balaban J connectivity index is 2.58. The predicted molar refractivity (Wildman–Crippen MR) is 77.9 cm³/mol. The van der Waals surface area contributed by atoms with Crippen molar-refractivity contribution >= 4 is 11.4 Å². The number of hydrogen-bond acceptors (Lipinski definition) is 3. The van der Waals surface area contributed by atoms with Gasteiger partial charge in [-0.15, -0.1) is 0 Å². The maximum Gasteiger partial charge on any atom is 0.0621 e. The molecule has 0 radical (unpaired) electrons. The molecule has 0 fully saturated rings. The Kier molecular flexibility index (Phi) is 5.03. The fraction of sp³-hybridized carbons (Fsp3) is 0.533. The molecule has 1 N–H and O–H groups in total. The molecule has 0 aliphatic carbocycles. The third-order valence-corrected chi connectivity index (χ3v) is 3.05. The largest absolute Gasteiger partial charge is 0.384 e. The highest BCUT2D eigenvalue weighted by Crippen LogP contribution is 2.24. The Bertz CT molecular complexity index is 416. The lowest BCUT2D eigenvalue weighted by Gasteiger charge is -2.25. The second-order valence-electron chi connectivity index (χ2n) is 5.62. The average Bonchev–Trinajstić information content (AvgIpc) is 2.34. The molecule has 0 aliphatic heterocycles. The standard InChI is InChI=1S/C15H23N3/c1-15(2,9-6-10-16)12-17-13-7-5-8-14(11-13)18(3)4/h5,7-8,11,17H,6,9,12H2,1-4H3. The van der Waals surface area contributed by atoms with Gasteiger partial charge in [-0.2, -0.15) is 5.26 Å². The van der Waals surface area contributed by atoms with E-state index in [2.05, 4.69) is 54.4 Å². The van der Waals surface area contributed by atoms with Gasteiger partial charge in [0.1, 0.15) is 0 Å². The fourth-order valence-electron chi connectivity index (χ4n) is 1.72. The number of benzene rings is 1. The Morgan fingerprint density at radius 3 is 2.67 bits per heavy atom. The molecular formula is C15H23N3. The van der Waals surface area contributed by atoms with Crippen LogP contribution in [0.25, 0.3) is 0 Å². The van der Waals surface area contributed by atoms with Crippen molar-refractivity contribution in [1.29, 1.82) is 5.26 Å². The summed E-state index contributed by atoms with van der Waals surface area (Å²) in [5.41, 5.74) is 2.46. The quantitative estimate of drug-likeness (QED) is 0.833. The third-order valence-electron chi connectivity index (χ3n) is 3.05. The van der Waals surface area contributed by atoms with Crippen LogP contribution < -0.4 is 10.2 Å². The van der Waals surface area contributed by atoms with Crippen LogP contribution in [0.5, 0.6) is 0 Å². The highest BCUT2D eigenvalue weighted by Gasteiger charge is 2.16. The molecule has 0 atom stereocenters. The summed E-state index contributed by atoms with van der Waals surface area (Å²) in [6.07, 6.45) is 1.54. The van der Waals surface area contributed by atoms with Crippen LogP contribution in [0.1, 0.15) is 26.7 Å². The Labute approximate surface area is 110 Å². The van der Waals surface area contributed by atoms with Crippen LogP contribution in [-0.2, 0) is 0 Å². The van der Waals surface area contributed by atoms with E-state index in [1.165, 1.54) is 5.69 Å². The average molecular weight is 245 g/mol. The summed E-state index contributed by atoms with van der Waals surface area (Å²) in [7, 11) is 4.08. The first-order valence-corrected chi connectivity index (χ1v) is 6.33. The van der Waals surface area contributed by atoms with Gasteiger partial charge < -0.3 is 10.2 Å². The summed E-state index contributed by atoms with van der Waals surface area (Å²) >= 11 is 0. The van der Waals surface area contributed by atoms with Crippen LogP contribution in [0.4, 0.5) is 11.4 Å². The van der Waals surface area contributed by atoms with Crippen molar-refractivity contribution in [1.82, 2.24) is 0 Å². The molecule has 0 aromatic heterocycles. The maximum atomic E-state index is 8.64. The van der Waals surface area contributed by atoms with Crippen molar-refractivity contribution in [3.05, 3.63) is 24.3 Å².